The van der Waals surface area contributed by atoms with E-state index >= 15 is 0 Å². The molecule has 174 valence electrons. The molecule has 0 aliphatic heterocycles. The van der Waals surface area contributed by atoms with Crippen LogP contribution in [0.4, 0.5) is 0 Å². The fraction of sp³-hybridized carbons (Fsp3) is 0. The molecule has 0 saturated carbocycles. The molecule has 0 spiro atoms. The van der Waals surface area contributed by atoms with Gasteiger partial charge in [-0.1, -0.05) is 72.8 Å². The average Bonchev–Trinajstić information content (AvgIpc) is 3.49. The second-order valence-corrected chi connectivity index (χ2v) is 9.45. The van der Waals surface area contributed by atoms with E-state index in [0.29, 0.717) is 5.39 Å². The summed E-state index contributed by atoms with van der Waals surface area (Å²) in [6.07, 6.45) is 0. The molecule has 0 fully saturated rings. The first kappa shape index (κ1) is 20.1. The summed E-state index contributed by atoms with van der Waals surface area (Å²) in [5.41, 5.74) is 6.90. The van der Waals surface area contributed by atoms with Crippen molar-refractivity contribution in [3.63, 3.8) is 0 Å². The SMILES string of the molecule is O=c1c2cc3c(cc2n2c4ccccc4cc2n1-c1ccccc1)c1ccccc1n3-c1ccccc1. The molecule has 0 amide bonds. The van der Waals surface area contributed by atoms with Gasteiger partial charge in [0.25, 0.3) is 5.56 Å². The molecular formula is C33H21N3O. The quantitative estimate of drug-likeness (QED) is 0.255. The molecule has 8 aromatic rings. The van der Waals surface area contributed by atoms with Crippen molar-refractivity contribution in [2.45, 2.75) is 0 Å². The van der Waals surface area contributed by atoms with Gasteiger partial charge in [-0.05, 0) is 54.6 Å². The van der Waals surface area contributed by atoms with Crippen LogP contribution in [-0.4, -0.2) is 13.5 Å². The Kier molecular flexibility index (Phi) is 4.06. The molecular weight excluding hydrogens is 454 g/mol. The van der Waals surface area contributed by atoms with Crippen molar-refractivity contribution < 1.29 is 0 Å². The third-order valence-electron chi connectivity index (χ3n) is 7.41. The summed E-state index contributed by atoms with van der Waals surface area (Å²) in [5.74, 6) is 0. The molecule has 4 heteroatoms. The molecule has 0 unspecified atom stereocenters. The summed E-state index contributed by atoms with van der Waals surface area (Å²) in [5, 5.41) is 4.08. The molecule has 37 heavy (non-hydrogen) atoms. The minimum atomic E-state index is -0.0247. The van der Waals surface area contributed by atoms with E-state index < -0.39 is 0 Å². The van der Waals surface area contributed by atoms with Crippen LogP contribution in [-0.2, 0) is 0 Å². The van der Waals surface area contributed by atoms with Crippen LogP contribution >= 0.6 is 0 Å². The molecule has 0 bridgehead atoms. The lowest BCUT2D eigenvalue weighted by Crippen LogP contribution is -2.21. The lowest BCUT2D eigenvalue weighted by atomic mass is 10.1. The van der Waals surface area contributed by atoms with Gasteiger partial charge in [-0.2, -0.15) is 0 Å². The number of fused-ring (bicyclic) bond motifs is 8. The molecule has 8 rings (SSSR count). The third kappa shape index (κ3) is 2.75. The number of nitrogens with zero attached hydrogens (tertiary/aromatic N) is 3. The fourth-order valence-corrected chi connectivity index (χ4v) is 5.82. The lowest BCUT2D eigenvalue weighted by molar-refractivity contribution is 1.01. The van der Waals surface area contributed by atoms with Crippen LogP contribution in [0, 0.1) is 0 Å². The zero-order valence-corrected chi connectivity index (χ0v) is 19.9. The van der Waals surface area contributed by atoms with Crippen LogP contribution in [0.25, 0.3) is 60.6 Å². The van der Waals surface area contributed by atoms with Crippen LogP contribution in [0.5, 0.6) is 0 Å². The van der Waals surface area contributed by atoms with E-state index in [1.807, 2.05) is 47.0 Å². The Morgan fingerprint density at radius 1 is 0.432 bits per heavy atom. The summed E-state index contributed by atoms with van der Waals surface area (Å²) in [4.78, 5) is 14.3. The zero-order valence-electron chi connectivity index (χ0n) is 19.9. The second kappa shape index (κ2) is 7.45. The number of hydrogen-bond donors (Lipinski definition) is 0. The van der Waals surface area contributed by atoms with E-state index in [4.69, 9.17) is 0 Å². The Morgan fingerprint density at radius 3 is 1.78 bits per heavy atom. The number of hydrogen-bond acceptors (Lipinski definition) is 1. The first-order chi connectivity index (χ1) is 18.3. The van der Waals surface area contributed by atoms with E-state index in [9.17, 15) is 4.79 Å². The highest BCUT2D eigenvalue weighted by atomic mass is 16.1. The highest BCUT2D eigenvalue weighted by molar-refractivity contribution is 6.13. The predicted molar refractivity (Wildman–Crippen MR) is 152 cm³/mol. The number of para-hydroxylation sites is 4. The maximum absolute atomic E-state index is 14.3. The van der Waals surface area contributed by atoms with Crippen LogP contribution < -0.4 is 5.56 Å². The first-order valence-corrected chi connectivity index (χ1v) is 12.4. The lowest BCUT2D eigenvalue weighted by Gasteiger charge is -2.14. The normalized spacial score (nSPS) is 11.9. The minimum Gasteiger partial charge on any atom is -0.309 e. The summed E-state index contributed by atoms with van der Waals surface area (Å²) >= 11 is 0. The van der Waals surface area contributed by atoms with Crippen molar-refractivity contribution >= 4 is 49.3 Å². The number of benzene rings is 5. The second-order valence-electron chi connectivity index (χ2n) is 9.45. The van der Waals surface area contributed by atoms with Gasteiger partial charge in [-0.15, -0.1) is 0 Å². The van der Waals surface area contributed by atoms with Crippen molar-refractivity contribution in [3.8, 4) is 11.4 Å². The molecule has 0 aliphatic rings. The maximum atomic E-state index is 14.3. The molecule has 5 aromatic carbocycles. The molecule has 0 saturated heterocycles. The Labute approximate surface area is 211 Å². The van der Waals surface area contributed by atoms with Crippen molar-refractivity contribution in [3.05, 3.63) is 138 Å². The van der Waals surface area contributed by atoms with Crippen LogP contribution in [0.3, 0.4) is 0 Å². The largest absolute Gasteiger partial charge is 0.309 e. The highest BCUT2D eigenvalue weighted by Crippen LogP contribution is 2.35. The predicted octanol–water partition coefficient (Wildman–Crippen LogP) is 7.49. The molecule has 0 radical (unpaired) electrons. The van der Waals surface area contributed by atoms with Gasteiger partial charge in [0, 0.05) is 21.8 Å². The Hall–Kier alpha value is -5.09. The molecule has 3 heterocycles. The van der Waals surface area contributed by atoms with E-state index in [1.54, 1.807) is 0 Å². The van der Waals surface area contributed by atoms with Crippen molar-refractivity contribution in [1.82, 2.24) is 13.5 Å². The molecule has 0 aliphatic carbocycles. The van der Waals surface area contributed by atoms with Gasteiger partial charge in [0.2, 0.25) is 0 Å². The zero-order chi connectivity index (χ0) is 24.5. The number of aromatic nitrogens is 3. The van der Waals surface area contributed by atoms with Crippen LogP contribution in [0.15, 0.2) is 132 Å². The van der Waals surface area contributed by atoms with Crippen molar-refractivity contribution in [2.75, 3.05) is 0 Å². The van der Waals surface area contributed by atoms with E-state index in [1.165, 1.54) is 5.39 Å². The van der Waals surface area contributed by atoms with Gasteiger partial charge in [-0.3, -0.25) is 13.8 Å². The topological polar surface area (TPSA) is 31.3 Å². The minimum absolute atomic E-state index is 0.0247. The summed E-state index contributed by atoms with van der Waals surface area (Å²) in [7, 11) is 0. The summed E-state index contributed by atoms with van der Waals surface area (Å²) in [6, 6.07) is 43.4. The van der Waals surface area contributed by atoms with Crippen molar-refractivity contribution in [1.29, 1.82) is 0 Å². The van der Waals surface area contributed by atoms with E-state index in [2.05, 4.69) is 93.9 Å². The van der Waals surface area contributed by atoms with E-state index in [-0.39, 0.29) is 5.56 Å². The van der Waals surface area contributed by atoms with Gasteiger partial charge in [0.05, 0.1) is 33.1 Å². The van der Waals surface area contributed by atoms with Crippen molar-refractivity contribution in [2.24, 2.45) is 0 Å². The fourth-order valence-electron chi connectivity index (χ4n) is 5.82. The van der Waals surface area contributed by atoms with Gasteiger partial charge in [0.15, 0.2) is 0 Å². The van der Waals surface area contributed by atoms with Gasteiger partial charge in [-0.25, -0.2) is 0 Å². The van der Waals surface area contributed by atoms with Gasteiger partial charge >= 0.3 is 0 Å². The average molecular weight is 476 g/mol. The smallest absolute Gasteiger partial charge is 0.266 e. The third-order valence-corrected chi connectivity index (χ3v) is 7.41. The van der Waals surface area contributed by atoms with Crippen LogP contribution in [0.1, 0.15) is 0 Å². The maximum Gasteiger partial charge on any atom is 0.266 e. The molecule has 4 nitrogen and oxygen atoms in total. The monoisotopic (exact) mass is 475 g/mol. The highest BCUT2D eigenvalue weighted by Gasteiger charge is 2.19. The summed E-state index contributed by atoms with van der Waals surface area (Å²) < 4.78 is 6.32. The molecule has 3 aromatic heterocycles. The molecule has 0 atom stereocenters. The van der Waals surface area contributed by atoms with E-state index in [0.717, 1.165) is 49.9 Å². The Bertz CT molecular complexity index is 2200. The first-order valence-electron chi connectivity index (χ1n) is 12.4. The standard InChI is InChI=1S/C33H21N3O/c37-33-27-21-30-26(25-16-8-10-18-29(25)34(30)23-12-3-1-4-13-23)20-31(27)36-28-17-9-7-11-22(28)19-32(36)35(33)24-14-5-2-6-15-24/h1-21H. The summed E-state index contributed by atoms with van der Waals surface area (Å²) in [6.45, 7) is 0. The Balaban J connectivity index is 1.64. The molecule has 0 N–H and O–H groups in total. The van der Waals surface area contributed by atoms with Gasteiger partial charge < -0.3 is 4.57 Å². The van der Waals surface area contributed by atoms with Crippen LogP contribution in [0.2, 0.25) is 0 Å². The Morgan fingerprint density at radius 2 is 1.03 bits per heavy atom. The van der Waals surface area contributed by atoms with Gasteiger partial charge in [0.1, 0.15) is 5.65 Å². The number of rotatable bonds is 2.